The van der Waals surface area contributed by atoms with Crippen LogP contribution in [0.1, 0.15) is 38.2 Å². The largest absolute Gasteiger partial charge is 0.333 e. The molecule has 2 unspecified atom stereocenters. The maximum atomic E-state index is 12.6. The fourth-order valence-corrected chi connectivity index (χ4v) is 3.11. The Morgan fingerprint density at radius 1 is 1.30 bits per heavy atom. The van der Waals surface area contributed by atoms with Crippen molar-refractivity contribution in [2.75, 3.05) is 18.4 Å². The van der Waals surface area contributed by atoms with Gasteiger partial charge in [0.05, 0.1) is 6.54 Å². The monoisotopic (exact) mass is 317 g/mol. The summed E-state index contributed by atoms with van der Waals surface area (Å²) in [6.45, 7) is 4.67. The van der Waals surface area contributed by atoms with Gasteiger partial charge in [-0.15, -0.1) is 0 Å². The average Bonchev–Trinajstić information content (AvgIpc) is 2.95. The van der Waals surface area contributed by atoms with E-state index in [0.29, 0.717) is 6.54 Å². The summed E-state index contributed by atoms with van der Waals surface area (Å²) in [7, 11) is 0. The molecule has 0 radical (unpaired) electrons. The van der Waals surface area contributed by atoms with Crippen LogP contribution < -0.4 is 11.1 Å². The van der Waals surface area contributed by atoms with E-state index in [1.54, 1.807) is 4.90 Å². The zero-order valence-electron chi connectivity index (χ0n) is 14.0. The molecule has 0 aliphatic heterocycles. The summed E-state index contributed by atoms with van der Waals surface area (Å²) in [5.41, 5.74) is 7.71. The van der Waals surface area contributed by atoms with Crippen molar-refractivity contribution in [3.8, 4) is 0 Å². The first-order chi connectivity index (χ1) is 11.0. The molecular formula is C18H27N3O2. The molecule has 0 bridgehead atoms. The highest BCUT2D eigenvalue weighted by atomic mass is 16.2. The lowest BCUT2D eigenvalue weighted by atomic mass is 10.1. The predicted octanol–water partition coefficient (Wildman–Crippen LogP) is 2.30. The van der Waals surface area contributed by atoms with Gasteiger partial charge in [0.1, 0.15) is 0 Å². The number of carbonyl (C=O) groups excluding carboxylic acids is 2. The van der Waals surface area contributed by atoms with Gasteiger partial charge in [-0.25, -0.2) is 0 Å². The molecule has 126 valence electrons. The zero-order valence-corrected chi connectivity index (χ0v) is 14.0. The van der Waals surface area contributed by atoms with E-state index in [4.69, 9.17) is 5.73 Å². The van der Waals surface area contributed by atoms with Crippen molar-refractivity contribution in [1.29, 1.82) is 0 Å². The molecule has 1 fully saturated rings. The van der Waals surface area contributed by atoms with Crippen molar-refractivity contribution >= 4 is 17.5 Å². The molecule has 5 heteroatoms. The predicted molar refractivity (Wildman–Crippen MR) is 92.0 cm³/mol. The molecule has 3 N–H and O–H groups in total. The Morgan fingerprint density at radius 2 is 2.04 bits per heavy atom. The van der Waals surface area contributed by atoms with Crippen molar-refractivity contribution in [3.63, 3.8) is 0 Å². The quantitative estimate of drug-likeness (QED) is 0.845. The Morgan fingerprint density at radius 3 is 2.65 bits per heavy atom. The summed E-state index contributed by atoms with van der Waals surface area (Å²) in [5, 5.41) is 2.90. The number of aryl methyl sites for hydroxylation is 1. The van der Waals surface area contributed by atoms with E-state index in [2.05, 4.69) is 5.32 Å². The molecule has 0 saturated heterocycles. The molecule has 2 rings (SSSR count). The molecule has 1 aromatic carbocycles. The summed E-state index contributed by atoms with van der Waals surface area (Å²) < 4.78 is 0. The lowest BCUT2D eigenvalue weighted by Gasteiger charge is -2.25. The van der Waals surface area contributed by atoms with Gasteiger partial charge in [0.15, 0.2) is 0 Å². The van der Waals surface area contributed by atoms with E-state index in [0.717, 1.165) is 36.9 Å². The molecule has 1 aliphatic carbocycles. The normalized spacial score (nSPS) is 20.3. The van der Waals surface area contributed by atoms with Crippen molar-refractivity contribution in [3.05, 3.63) is 29.8 Å². The van der Waals surface area contributed by atoms with Crippen molar-refractivity contribution in [2.45, 2.75) is 45.6 Å². The molecular weight excluding hydrogens is 290 g/mol. The molecule has 2 atom stereocenters. The van der Waals surface area contributed by atoms with E-state index in [1.807, 2.05) is 38.1 Å². The molecule has 5 nitrogen and oxygen atoms in total. The SMILES string of the molecule is CCCN(CC(=O)Nc1ccccc1C)C(=O)C1CCC(N)C1. The van der Waals surface area contributed by atoms with Gasteiger partial charge in [0.2, 0.25) is 11.8 Å². The lowest BCUT2D eigenvalue weighted by Crippen LogP contribution is -2.41. The molecule has 0 aromatic heterocycles. The summed E-state index contributed by atoms with van der Waals surface area (Å²) >= 11 is 0. The van der Waals surface area contributed by atoms with Crippen molar-refractivity contribution < 1.29 is 9.59 Å². The minimum absolute atomic E-state index is 0.0252. The second kappa shape index (κ2) is 8.11. The second-order valence-corrected chi connectivity index (χ2v) is 6.39. The van der Waals surface area contributed by atoms with E-state index in [9.17, 15) is 9.59 Å². The Bertz CT molecular complexity index is 559. The van der Waals surface area contributed by atoms with Crippen LogP contribution in [0.5, 0.6) is 0 Å². The minimum Gasteiger partial charge on any atom is -0.333 e. The van der Waals surface area contributed by atoms with Crippen LogP contribution >= 0.6 is 0 Å². The number of carbonyl (C=O) groups is 2. The molecule has 0 heterocycles. The van der Waals surface area contributed by atoms with Gasteiger partial charge in [-0.3, -0.25) is 9.59 Å². The Balaban J connectivity index is 1.97. The number of amides is 2. The highest BCUT2D eigenvalue weighted by Crippen LogP contribution is 2.26. The first kappa shape index (κ1) is 17.5. The van der Waals surface area contributed by atoms with Crippen LogP contribution in [0.25, 0.3) is 0 Å². The fraction of sp³-hybridized carbons (Fsp3) is 0.556. The zero-order chi connectivity index (χ0) is 16.8. The molecule has 23 heavy (non-hydrogen) atoms. The van der Waals surface area contributed by atoms with E-state index < -0.39 is 0 Å². The maximum Gasteiger partial charge on any atom is 0.244 e. The van der Waals surface area contributed by atoms with Crippen LogP contribution in [-0.4, -0.2) is 35.8 Å². The first-order valence-corrected chi connectivity index (χ1v) is 8.41. The maximum absolute atomic E-state index is 12.6. The second-order valence-electron chi connectivity index (χ2n) is 6.39. The van der Waals surface area contributed by atoms with Gasteiger partial charge in [-0.05, 0) is 44.2 Å². The summed E-state index contributed by atoms with van der Waals surface area (Å²) in [4.78, 5) is 26.6. The third-order valence-electron chi connectivity index (χ3n) is 4.38. The van der Waals surface area contributed by atoms with Gasteiger partial charge < -0.3 is 16.0 Å². The average molecular weight is 317 g/mol. The topological polar surface area (TPSA) is 75.4 Å². The molecule has 0 spiro atoms. The third kappa shape index (κ3) is 4.79. The minimum atomic E-state index is -0.150. The third-order valence-corrected chi connectivity index (χ3v) is 4.38. The van der Waals surface area contributed by atoms with Gasteiger partial charge in [0.25, 0.3) is 0 Å². The Labute approximate surface area is 138 Å². The standard InChI is InChI=1S/C18H27N3O2/c1-3-10-21(18(23)14-8-9-15(19)11-14)12-17(22)20-16-7-5-4-6-13(16)2/h4-7,14-15H,3,8-12,19H2,1-2H3,(H,20,22). The van der Waals surface area contributed by atoms with Gasteiger partial charge in [0, 0.05) is 24.2 Å². The van der Waals surface area contributed by atoms with Crippen LogP contribution in [0, 0.1) is 12.8 Å². The van der Waals surface area contributed by atoms with Crippen LogP contribution in [0.2, 0.25) is 0 Å². The number of hydrogen-bond acceptors (Lipinski definition) is 3. The highest BCUT2D eigenvalue weighted by Gasteiger charge is 2.31. The molecule has 2 amide bonds. The number of para-hydroxylation sites is 1. The molecule has 1 aromatic rings. The molecule has 1 aliphatic rings. The lowest BCUT2D eigenvalue weighted by molar-refractivity contribution is -0.138. The number of benzene rings is 1. The van der Waals surface area contributed by atoms with E-state index in [1.165, 1.54) is 0 Å². The van der Waals surface area contributed by atoms with Gasteiger partial charge in [-0.1, -0.05) is 25.1 Å². The summed E-state index contributed by atoms with van der Waals surface area (Å²) in [6.07, 6.45) is 3.30. The fourth-order valence-electron chi connectivity index (χ4n) is 3.11. The number of nitrogens with two attached hydrogens (primary N) is 1. The first-order valence-electron chi connectivity index (χ1n) is 8.41. The number of nitrogens with zero attached hydrogens (tertiary/aromatic N) is 1. The van der Waals surface area contributed by atoms with E-state index >= 15 is 0 Å². The highest BCUT2D eigenvalue weighted by molar-refractivity contribution is 5.95. The number of nitrogens with one attached hydrogen (secondary N) is 1. The van der Waals surface area contributed by atoms with Crippen LogP contribution in [-0.2, 0) is 9.59 Å². The Kier molecular flexibility index (Phi) is 6.16. The number of rotatable bonds is 6. The van der Waals surface area contributed by atoms with Crippen LogP contribution in [0.15, 0.2) is 24.3 Å². The number of hydrogen-bond donors (Lipinski definition) is 2. The van der Waals surface area contributed by atoms with Crippen LogP contribution in [0.3, 0.4) is 0 Å². The molecule has 1 saturated carbocycles. The van der Waals surface area contributed by atoms with Crippen LogP contribution in [0.4, 0.5) is 5.69 Å². The summed E-state index contributed by atoms with van der Waals surface area (Å²) in [6, 6.07) is 7.76. The Hall–Kier alpha value is -1.88. The van der Waals surface area contributed by atoms with E-state index in [-0.39, 0.29) is 30.3 Å². The van der Waals surface area contributed by atoms with Gasteiger partial charge >= 0.3 is 0 Å². The smallest absolute Gasteiger partial charge is 0.244 e. The van der Waals surface area contributed by atoms with Crippen molar-refractivity contribution in [2.24, 2.45) is 11.7 Å². The van der Waals surface area contributed by atoms with Crippen molar-refractivity contribution in [1.82, 2.24) is 4.90 Å². The summed E-state index contributed by atoms with van der Waals surface area (Å²) in [5.74, 6) is -0.106. The number of anilines is 1. The van der Waals surface area contributed by atoms with Gasteiger partial charge in [-0.2, -0.15) is 0 Å².